The molecular formula is C9H16ClN3O7. The standard InChI is InChI=1S/C9H16ClN3O7/c10-1-2-13(12-19)9(18)11-8-7(17)6(16)5(15)4(3-14)20-8/h4-8,14-17H,1-3H2,(H,11,18)/t4-,5-,6+,7-,8-/m1/s1. The third kappa shape index (κ3) is 3.75. The maximum Gasteiger partial charge on any atom is 0.342 e. The van der Waals surface area contributed by atoms with E-state index < -0.39 is 43.3 Å². The number of nitrogens with zero attached hydrogens (tertiary/aromatic N) is 2. The first kappa shape index (κ1) is 17.0. The SMILES string of the molecule is O=NN(CCCl)C(=O)N[C@@H]1O[C@H](CO)[C@@H](O)[C@H](O)[C@H]1O. The number of aliphatic hydroxyl groups is 4. The van der Waals surface area contributed by atoms with Crippen LogP contribution in [-0.2, 0) is 4.74 Å². The van der Waals surface area contributed by atoms with Crippen molar-refractivity contribution in [3.8, 4) is 0 Å². The lowest BCUT2D eigenvalue weighted by atomic mass is 9.98. The molecular weight excluding hydrogens is 298 g/mol. The summed E-state index contributed by atoms with van der Waals surface area (Å²) in [6.45, 7) is -0.789. The molecule has 1 rings (SSSR count). The maximum absolute atomic E-state index is 11.6. The smallest absolute Gasteiger partial charge is 0.342 e. The Hall–Kier alpha value is -1.04. The molecule has 11 heteroatoms. The molecule has 1 fully saturated rings. The topological polar surface area (TPSA) is 152 Å². The van der Waals surface area contributed by atoms with E-state index in [0.717, 1.165) is 0 Å². The van der Waals surface area contributed by atoms with E-state index in [2.05, 4.69) is 10.6 Å². The maximum atomic E-state index is 11.6. The average Bonchev–Trinajstić information content (AvgIpc) is 2.45. The van der Waals surface area contributed by atoms with Gasteiger partial charge < -0.3 is 30.5 Å². The van der Waals surface area contributed by atoms with E-state index in [-0.39, 0.29) is 12.4 Å². The van der Waals surface area contributed by atoms with Crippen LogP contribution in [0.15, 0.2) is 5.29 Å². The van der Waals surface area contributed by atoms with Gasteiger partial charge in [-0.1, -0.05) is 0 Å². The van der Waals surface area contributed by atoms with Crippen molar-refractivity contribution in [1.29, 1.82) is 0 Å². The molecule has 0 saturated carbocycles. The number of rotatable bonds is 5. The fraction of sp³-hybridized carbons (Fsp3) is 0.889. The van der Waals surface area contributed by atoms with Gasteiger partial charge >= 0.3 is 6.03 Å². The highest BCUT2D eigenvalue weighted by Gasteiger charge is 2.44. The molecule has 116 valence electrons. The number of hydrogen-bond acceptors (Lipinski definition) is 8. The Kier molecular flexibility index (Phi) is 6.52. The summed E-state index contributed by atoms with van der Waals surface area (Å²) in [6.07, 6.45) is -7.38. The molecule has 10 nitrogen and oxygen atoms in total. The van der Waals surface area contributed by atoms with Gasteiger partial charge in [0.05, 0.1) is 18.4 Å². The minimum absolute atomic E-state index is 0.0339. The van der Waals surface area contributed by atoms with Gasteiger partial charge in [0.1, 0.15) is 24.4 Å². The Labute approximate surface area is 118 Å². The summed E-state index contributed by atoms with van der Waals surface area (Å²) in [5, 5.41) is 42.7. The highest BCUT2D eigenvalue weighted by Crippen LogP contribution is 2.19. The van der Waals surface area contributed by atoms with E-state index in [1.54, 1.807) is 0 Å². The van der Waals surface area contributed by atoms with Crippen molar-refractivity contribution in [1.82, 2.24) is 10.3 Å². The Bertz CT molecular complexity index is 346. The van der Waals surface area contributed by atoms with Gasteiger partial charge in [-0.3, -0.25) is 0 Å². The van der Waals surface area contributed by atoms with Crippen molar-refractivity contribution < 1.29 is 30.0 Å². The number of carbonyl (C=O) groups excluding carboxylic acids is 1. The minimum Gasteiger partial charge on any atom is -0.394 e. The lowest BCUT2D eigenvalue weighted by molar-refractivity contribution is -0.233. The lowest BCUT2D eigenvalue weighted by Gasteiger charge is -2.40. The molecule has 0 aromatic rings. The molecule has 0 aliphatic carbocycles. The molecule has 1 aliphatic heterocycles. The van der Waals surface area contributed by atoms with E-state index in [1.165, 1.54) is 0 Å². The molecule has 2 amide bonds. The highest BCUT2D eigenvalue weighted by atomic mass is 35.5. The van der Waals surface area contributed by atoms with Crippen LogP contribution in [-0.4, -0.2) is 81.1 Å². The third-order valence-electron chi connectivity index (χ3n) is 2.79. The van der Waals surface area contributed by atoms with E-state index in [0.29, 0.717) is 5.01 Å². The van der Waals surface area contributed by atoms with E-state index in [1.807, 2.05) is 0 Å². The van der Waals surface area contributed by atoms with Crippen LogP contribution in [0.3, 0.4) is 0 Å². The van der Waals surface area contributed by atoms with Crippen molar-refractivity contribution in [2.75, 3.05) is 19.0 Å². The first-order valence-electron chi connectivity index (χ1n) is 5.74. The van der Waals surface area contributed by atoms with E-state index >= 15 is 0 Å². The lowest BCUT2D eigenvalue weighted by Crippen LogP contribution is -2.64. The molecule has 0 radical (unpaired) electrons. The predicted octanol–water partition coefficient (Wildman–Crippen LogP) is -2.28. The number of nitrogens with one attached hydrogen (secondary N) is 1. The number of ether oxygens (including phenoxy) is 1. The number of alkyl halides is 1. The first-order valence-corrected chi connectivity index (χ1v) is 6.27. The molecule has 0 bridgehead atoms. The van der Waals surface area contributed by atoms with Gasteiger partial charge in [-0.05, 0) is 0 Å². The molecule has 1 heterocycles. The summed E-state index contributed by atoms with van der Waals surface area (Å²) < 4.78 is 5.03. The summed E-state index contributed by atoms with van der Waals surface area (Å²) in [4.78, 5) is 22.0. The number of carbonyl (C=O) groups is 1. The van der Waals surface area contributed by atoms with Crippen molar-refractivity contribution in [2.45, 2.75) is 30.6 Å². The van der Waals surface area contributed by atoms with Gasteiger partial charge in [-0.2, -0.15) is 5.01 Å². The fourth-order valence-corrected chi connectivity index (χ4v) is 1.84. The Morgan fingerprint density at radius 2 is 1.95 bits per heavy atom. The van der Waals surface area contributed by atoms with Crippen LogP contribution in [0.4, 0.5) is 4.79 Å². The second-order valence-electron chi connectivity index (χ2n) is 4.09. The second kappa shape index (κ2) is 7.67. The van der Waals surface area contributed by atoms with Crippen LogP contribution in [0.25, 0.3) is 0 Å². The van der Waals surface area contributed by atoms with Gasteiger partial charge in [0, 0.05) is 5.88 Å². The van der Waals surface area contributed by atoms with E-state index in [9.17, 15) is 25.0 Å². The molecule has 0 unspecified atom stereocenters. The Morgan fingerprint density at radius 3 is 2.45 bits per heavy atom. The van der Waals surface area contributed by atoms with Gasteiger partial charge in [0.2, 0.25) is 0 Å². The Morgan fingerprint density at radius 1 is 1.30 bits per heavy atom. The number of nitroso groups, excluding NO2 is 1. The zero-order valence-corrected chi connectivity index (χ0v) is 11.0. The van der Waals surface area contributed by atoms with Gasteiger partial charge in [-0.25, -0.2) is 4.79 Å². The number of urea groups is 1. The summed E-state index contributed by atoms with van der Waals surface area (Å²) >= 11 is 5.37. The molecule has 5 atom stereocenters. The van der Waals surface area contributed by atoms with Crippen molar-refractivity contribution >= 4 is 17.6 Å². The number of aliphatic hydroxyl groups excluding tert-OH is 4. The number of hydrogen-bond donors (Lipinski definition) is 5. The molecule has 1 saturated heterocycles. The number of halogens is 1. The van der Waals surface area contributed by atoms with Crippen molar-refractivity contribution in [2.24, 2.45) is 5.29 Å². The summed E-state index contributed by atoms with van der Waals surface area (Å²) in [5.41, 5.74) is 0. The first-order chi connectivity index (χ1) is 9.46. The number of amides is 2. The molecule has 5 N–H and O–H groups in total. The monoisotopic (exact) mass is 313 g/mol. The fourth-order valence-electron chi connectivity index (χ4n) is 1.68. The normalized spacial score (nSPS) is 33.5. The van der Waals surface area contributed by atoms with Crippen molar-refractivity contribution in [3.05, 3.63) is 4.91 Å². The molecule has 0 aromatic carbocycles. The molecule has 0 spiro atoms. The van der Waals surface area contributed by atoms with Gasteiger partial charge in [0.15, 0.2) is 6.23 Å². The summed E-state index contributed by atoms with van der Waals surface area (Å²) in [5.74, 6) is -0.0339. The molecule has 20 heavy (non-hydrogen) atoms. The van der Waals surface area contributed by atoms with Gasteiger partial charge in [0.25, 0.3) is 0 Å². The van der Waals surface area contributed by atoms with Crippen LogP contribution < -0.4 is 5.32 Å². The average molecular weight is 314 g/mol. The quantitative estimate of drug-likeness (QED) is 0.218. The molecule has 1 aliphatic rings. The Balaban J connectivity index is 2.70. The zero-order valence-electron chi connectivity index (χ0n) is 10.3. The largest absolute Gasteiger partial charge is 0.394 e. The predicted molar refractivity (Wildman–Crippen MR) is 65.5 cm³/mol. The van der Waals surface area contributed by atoms with E-state index in [4.69, 9.17) is 21.4 Å². The summed E-state index contributed by atoms with van der Waals surface area (Å²) in [7, 11) is 0. The third-order valence-corrected chi connectivity index (χ3v) is 2.96. The van der Waals surface area contributed by atoms with Crippen LogP contribution >= 0.6 is 11.6 Å². The molecule has 0 aromatic heterocycles. The van der Waals surface area contributed by atoms with Crippen LogP contribution in [0.5, 0.6) is 0 Å². The van der Waals surface area contributed by atoms with Gasteiger partial charge in [-0.15, -0.1) is 16.5 Å². The van der Waals surface area contributed by atoms with Crippen LogP contribution in [0.1, 0.15) is 0 Å². The highest BCUT2D eigenvalue weighted by molar-refractivity contribution is 6.18. The van der Waals surface area contributed by atoms with Crippen molar-refractivity contribution in [3.63, 3.8) is 0 Å². The van der Waals surface area contributed by atoms with Crippen LogP contribution in [0, 0.1) is 4.91 Å². The minimum atomic E-state index is -1.64. The summed E-state index contributed by atoms with van der Waals surface area (Å²) in [6, 6.07) is -0.995. The zero-order chi connectivity index (χ0) is 15.3. The second-order valence-corrected chi connectivity index (χ2v) is 4.47. The van der Waals surface area contributed by atoms with Crippen LogP contribution in [0.2, 0.25) is 0 Å².